The van der Waals surface area contributed by atoms with Crippen molar-refractivity contribution in [3.8, 4) is 0 Å². The van der Waals surface area contributed by atoms with E-state index in [2.05, 4.69) is 126 Å². The first-order valence-corrected chi connectivity index (χ1v) is 29.5. The van der Waals surface area contributed by atoms with Crippen LogP contribution in [0.25, 0.3) is 5.57 Å². The van der Waals surface area contributed by atoms with Gasteiger partial charge >= 0.3 is 0 Å². The summed E-state index contributed by atoms with van der Waals surface area (Å²) in [6.45, 7) is 27.8. The van der Waals surface area contributed by atoms with Crippen molar-refractivity contribution in [2.45, 2.75) is 270 Å². The van der Waals surface area contributed by atoms with Crippen LogP contribution in [0.5, 0.6) is 0 Å². The second-order valence-electron chi connectivity index (χ2n) is 24.8. The topological polar surface area (TPSA) is 3.24 Å². The predicted octanol–water partition coefficient (Wildman–Crippen LogP) is 17.6. The smallest absolute Gasteiger partial charge is 0.191 e. The zero-order chi connectivity index (χ0) is 44.0. The summed E-state index contributed by atoms with van der Waals surface area (Å²) in [5, 5.41) is 0. The Labute approximate surface area is 376 Å². The molecule has 4 aliphatic carbocycles. The fourth-order valence-electron chi connectivity index (χ4n) is 14.1. The van der Waals surface area contributed by atoms with E-state index in [9.17, 15) is 0 Å². The van der Waals surface area contributed by atoms with Crippen LogP contribution in [0, 0.1) is 11.8 Å². The molecule has 3 heteroatoms. The molecule has 0 spiro atoms. The van der Waals surface area contributed by atoms with E-state index in [0.717, 1.165) is 10.1 Å². The molecular formula is C57H101N2Si+. The predicted molar refractivity (Wildman–Crippen MR) is 269 cm³/mol. The van der Waals surface area contributed by atoms with E-state index in [0.29, 0.717) is 11.8 Å². The Morgan fingerprint density at radius 2 is 1.03 bits per heavy atom. The van der Waals surface area contributed by atoms with Crippen LogP contribution in [0.15, 0.2) is 29.9 Å². The summed E-state index contributed by atoms with van der Waals surface area (Å²) in [6.07, 6.45) is 42.2. The van der Waals surface area contributed by atoms with Crippen LogP contribution in [0.4, 0.5) is 0 Å². The van der Waals surface area contributed by atoms with Crippen LogP contribution in [-0.4, -0.2) is 44.2 Å². The van der Waals surface area contributed by atoms with Gasteiger partial charge in [0.1, 0.15) is 0 Å². The standard InChI is InChI=1S/C57H101N2Si/c1-15-17-19-21-23-25-27-29-31-33-37-57(38-34-32-30-28-26-24-22-20-18-16-2)49-42-46-45(35-36-53(46)60(13,14)58(54(3,4)5)59(10,11)12)41-47(49)48-43-51-52(44-50(48)57)56(8,9)40-39-55(51,6)7/h41-46,53H,15-40H2,1-14H3/q+1. The molecule has 0 bridgehead atoms. The summed E-state index contributed by atoms with van der Waals surface area (Å²) in [6, 6.07) is 5.66. The molecule has 0 saturated heterocycles. The fraction of sp³-hybridized carbons (Fsp3) is 0.825. The highest BCUT2D eigenvalue weighted by atomic mass is 28.3. The molecule has 0 heterocycles. The molecule has 3 unspecified atom stereocenters. The van der Waals surface area contributed by atoms with Gasteiger partial charge in [-0.05, 0) is 114 Å². The molecule has 1 fully saturated rings. The van der Waals surface area contributed by atoms with E-state index >= 15 is 0 Å². The zero-order valence-electron chi connectivity index (χ0n) is 42.8. The number of fused-ring (bicyclic) bond motifs is 5. The lowest BCUT2D eigenvalue weighted by molar-refractivity contribution is -0.978. The van der Waals surface area contributed by atoms with Crippen molar-refractivity contribution >= 4 is 13.8 Å². The van der Waals surface area contributed by atoms with Gasteiger partial charge in [0, 0.05) is 5.41 Å². The summed E-state index contributed by atoms with van der Waals surface area (Å²) in [5.74, 6) is 1.34. The van der Waals surface area contributed by atoms with E-state index in [1.807, 2.05) is 0 Å². The number of nitrogens with zero attached hydrogens (tertiary/aromatic N) is 2. The van der Waals surface area contributed by atoms with Crippen molar-refractivity contribution in [1.29, 1.82) is 0 Å². The van der Waals surface area contributed by atoms with E-state index in [1.54, 1.807) is 33.4 Å². The maximum absolute atomic E-state index is 3.02. The highest BCUT2D eigenvalue weighted by Crippen LogP contribution is 2.63. The molecule has 0 aromatic heterocycles. The third-order valence-electron chi connectivity index (χ3n) is 16.7. The van der Waals surface area contributed by atoms with Crippen LogP contribution in [-0.2, 0) is 16.2 Å². The van der Waals surface area contributed by atoms with Gasteiger partial charge in [-0.1, -0.05) is 214 Å². The molecule has 0 amide bonds. The Hall–Kier alpha value is -1.16. The highest BCUT2D eigenvalue weighted by molar-refractivity contribution is 6.76. The molecule has 1 aromatic rings. The van der Waals surface area contributed by atoms with Gasteiger partial charge < -0.3 is 0 Å². The number of allylic oxidation sites excluding steroid dienone is 4. The Kier molecular flexibility index (Phi) is 17.3. The molecule has 3 atom stereocenters. The normalized spacial score (nSPS) is 22.9. The first-order chi connectivity index (χ1) is 28.2. The molecule has 4 aliphatic rings. The lowest BCUT2D eigenvalue weighted by Gasteiger charge is -2.55. The third-order valence-corrected chi connectivity index (χ3v) is 21.6. The van der Waals surface area contributed by atoms with Gasteiger partial charge in [0.25, 0.3) is 0 Å². The van der Waals surface area contributed by atoms with Crippen LogP contribution >= 0.6 is 0 Å². The van der Waals surface area contributed by atoms with Gasteiger partial charge in [0.15, 0.2) is 8.24 Å². The Morgan fingerprint density at radius 1 is 0.600 bits per heavy atom. The maximum Gasteiger partial charge on any atom is 0.191 e. The van der Waals surface area contributed by atoms with E-state index in [4.69, 9.17) is 0 Å². The average Bonchev–Trinajstić information content (AvgIpc) is 3.69. The summed E-state index contributed by atoms with van der Waals surface area (Å²) in [5.41, 5.74) is 11.8. The number of unbranched alkanes of at least 4 members (excludes halogenated alkanes) is 18. The third kappa shape index (κ3) is 11.4. The minimum absolute atomic E-state index is 0.131. The molecule has 0 N–H and O–H groups in total. The Balaban J connectivity index is 1.52. The lowest BCUT2D eigenvalue weighted by Crippen LogP contribution is -2.71. The lowest BCUT2D eigenvalue weighted by atomic mass is 9.61. The van der Waals surface area contributed by atoms with E-state index in [1.165, 1.54) is 167 Å². The van der Waals surface area contributed by atoms with Crippen LogP contribution < -0.4 is 0 Å². The first-order valence-electron chi connectivity index (χ1n) is 26.5. The molecular weight excluding hydrogens is 741 g/mol. The fourth-order valence-corrected chi connectivity index (χ4v) is 19.9. The van der Waals surface area contributed by atoms with E-state index < -0.39 is 8.24 Å². The molecule has 5 rings (SSSR count). The van der Waals surface area contributed by atoms with Crippen LogP contribution in [0.2, 0.25) is 18.6 Å². The van der Waals surface area contributed by atoms with Gasteiger partial charge in [0.05, 0.1) is 26.7 Å². The first kappa shape index (κ1) is 49.8. The Morgan fingerprint density at radius 3 is 1.47 bits per heavy atom. The number of hydrogen-bond donors (Lipinski definition) is 0. The SMILES string of the molecule is CCCCCCCCCCCCC1(CCCCCCCCCCCC)C2=CC3C(C=C2c2cc4c(cc21)C(C)(C)CCC4(C)C)CCC3[Si](C)(C)N(C(C)(C)C)[N+](C)(C)C. The Bertz CT molecular complexity index is 1540. The van der Waals surface area contributed by atoms with Crippen molar-refractivity contribution in [2.24, 2.45) is 11.8 Å². The maximum atomic E-state index is 3.02. The van der Waals surface area contributed by atoms with Crippen molar-refractivity contribution in [1.82, 2.24) is 4.67 Å². The molecule has 0 radical (unpaired) electrons. The molecule has 2 nitrogen and oxygen atoms in total. The van der Waals surface area contributed by atoms with Gasteiger partial charge in [-0.15, -0.1) is 0 Å². The average molecular weight is 843 g/mol. The number of hydrogen-bond acceptors (Lipinski definition) is 1. The zero-order valence-corrected chi connectivity index (χ0v) is 43.8. The summed E-state index contributed by atoms with van der Waals surface area (Å²) < 4.78 is 3.91. The number of rotatable bonds is 25. The van der Waals surface area contributed by atoms with Gasteiger partial charge in [-0.3, -0.25) is 4.59 Å². The van der Waals surface area contributed by atoms with Gasteiger partial charge in [0.2, 0.25) is 0 Å². The summed E-state index contributed by atoms with van der Waals surface area (Å²) in [4.78, 5) is 0. The highest BCUT2D eigenvalue weighted by Gasteiger charge is 2.57. The molecule has 1 saturated carbocycles. The quantitative estimate of drug-likeness (QED) is 0.0410. The molecule has 60 heavy (non-hydrogen) atoms. The second-order valence-corrected chi connectivity index (χ2v) is 29.3. The van der Waals surface area contributed by atoms with Crippen LogP contribution in [0.3, 0.4) is 0 Å². The number of quaternary nitrogens is 1. The molecule has 342 valence electrons. The summed E-state index contributed by atoms with van der Waals surface area (Å²) >= 11 is 0. The molecule has 0 aliphatic heterocycles. The van der Waals surface area contributed by atoms with Crippen molar-refractivity contribution in [3.63, 3.8) is 0 Å². The van der Waals surface area contributed by atoms with Crippen LogP contribution in [0.1, 0.15) is 252 Å². The monoisotopic (exact) mass is 842 g/mol. The van der Waals surface area contributed by atoms with Crippen molar-refractivity contribution in [2.75, 3.05) is 21.1 Å². The second kappa shape index (κ2) is 20.8. The minimum atomic E-state index is -1.89. The van der Waals surface area contributed by atoms with Crippen molar-refractivity contribution in [3.05, 3.63) is 52.1 Å². The minimum Gasteiger partial charge on any atom is -0.257 e. The van der Waals surface area contributed by atoms with Gasteiger partial charge in [-0.25, -0.2) is 0 Å². The number of benzene rings is 1. The largest absolute Gasteiger partial charge is 0.257 e. The van der Waals surface area contributed by atoms with Gasteiger partial charge in [-0.2, -0.15) is 4.67 Å². The summed E-state index contributed by atoms with van der Waals surface area (Å²) in [7, 11) is 5.42. The van der Waals surface area contributed by atoms with E-state index in [-0.39, 0.29) is 21.8 Å². The molecule has 1 aromatic carbocycles. The van der Waals surface area contributed by atoms with Crippen molar-refractivity contribution < 1.29 is 4.59 Å².